The fourth-order valence-corrected chi connectivity index (χ4v) is 3.38. The molecule has 3 aromatic heterocycles. The molecule has 3 aromatic rings. The molecule has 4 heterocycles. The molecule has 0 fully saturated rings. The van der Waals surface area contributed by atoms with Crippen LogP contribution in [0.5, 0.6) is 0 Å². The molecule has 1 unspecified atom stereocenters. The van der Waals surface area contributed by atoms with Gasteiger partial charge in [0.15, 0.2) is 0 Å². The topological polar surface area (TPSA) is 56.1 Å². The Morgan fingerprint density at radius 2 is 1.73 bits per heavy atom. The van der Waals surface area contributed by atoms with Gasteiger partial charge in [0.05, 0.1) is 30.3 Å². The molecule has 0 aromatic carbocycles. The van der Waals surface area contributed by atoms with Gasteiger partial charge in [0, 0.05) is 50.7 Å². The van der Waals surface area contributed by atoms with Gasteiger partial charge in [-0.25, -0.2) is 0 Å². The molecule has 0 N–H and O–H groups in total. The molecule has 0 aliphatic carbocycles. The van der Waals surface area contributed by atoms with Gasteiger partial charge < -0.3 is 4.74 Å². The first-order valence-corrected chi connectivity index (χ1v) is 8.97. The van der Waals surface area contributed by atoms with E-state index >= 15 is 0 Å². The van der Waals surface area contributed by atoms with Crippen molar-refractivity contribution in [1.29, 1.82) is 0 Å². The van der Waals surface area contributed by atoms with Crippen LogP contribution in [0.1, 0.15) is 17.1 Å². The van der Waals surface area contributed by atoms with Crippen molar-refractivity contribution in [3.05, 3.63) is 78.1 Å². The van der Waals surface area contributed by atoms with Gasteiger partial charge in [-0.15, -0.1) is 0 Å². The largest absolute Gasteiger partial charge is 0.375 e. The van der Waals surface area contributed by atoms with Crippen molar-refractivity contribution in [3.8, 4) is 0 Å². The highest BCUT2D eigenvalue weighted by Crippen LogP contribution is 2.18. The van der Waals surface area contributed by atoms with Crippen LogP contribution in [0.25, 0.3) is 0 Å². The molecule has 0 spiro atoms. The maximum atomic E-state index is 5.96. The normalized spacial score (nSPS) is 17.6. The zero-order valence-electron chi connectivity index (χ0n) is 14.7. The zero-order valence-corrected chi connectivity index (χ0v) is 14.7. The Morgan fingerprint density at radius 3 is 2.50 bits per heavy atom. The summed E-state index contributed by atoms with van der Waals surface area (Å²) in [5, 5.41) is 4.48. The molecule has 0 bridgehead atoms. The van der Waals surface area contributed by atoms with Crippen molar-refractivity contribution in [2.24, 2.45) is 5.92 Å². The second-order valence-corrected chi connectivity index (χ2v) is 6.70. The predicted octanol–water partition coefficient (Wildman–Crippen LogP) is 2.52. The smallest absolute Gasteiger partial charge is 0.0887 e. The van der Waals surface area contributed by atoms with Gasteiger partial charge in [-0.3, -0.25) is 19.5 Å². The standard InChI is InChI=1S/C20H23N5O/c1-3-8-21-18(5-1)13-24-11-17(12-25-20(14-24)7-10-23-25)15-26-16-19-6-2-4-9-22-19/h1-10,17H,11-16H2. The second kappa shape index (κ2) is 8.21. The molecular formula is C20H23N5O. The summed E-state index contributed by atoms with van der Waals surface area (Å²) >= 11 is 0. The van der Waals surface area contributed by atoms with E-state index in [9.17, 15) is 0 Å². The summed E-state index contributed by atoms with van der Waals surface area (Å²) in [4.78, 5) is 11.2. The molecular weight excluding hydrogens is 326 g/mol. The van der Waals surface area contributed by atoms with Crippen LogP contribution in [0.2, 0.25) is 0 Å². The maximum absolute atomic E-state index is 5.96. The maximum Gasteiger partial charge on any atom is 0.0887 e. The highest BCUT2D eigenvalue weighted by Gasteiger charge is 2.23. The summed E-state index contributed by atoms with van der Waals surface area (Å²) in [6.07, 6.45) is 5.53. The van der Waals surface area contributed by atoms with E-state index in [1.54, 1.807) is 6.20 Å². The lowest BCUT2D eigenvalue weighted by Gasteiger charge is -2.23. The molecule has 6 heteroatoms. The molecule has 1 aliphatic heterocycles. The Hall–Kier alpha value is -2.57. The minimum Gasteiger partial charge on any atom is -0.375 e. The summed E-state index contributed by atoms with van der Waals surface area (Å²) in [5.41, 5.74) is 3.30. The summed E-state index contributed by atoms with van der Waals surface area (Å²) < 4.78 is 8.06. The molecule has 1 aliphatic rings. The van der Waals surface area contributed by atoms with E-state index in [0.717, 1.165) is 37.6 Å². The van der Waals surface area contributed by atoms with Crippen molar-refractivity contribution in [2.75, 3.05) is 13.2 Å². The Kier molecular flexibility index (Phi) is 5.33. The number of fused-ring (bicyclic) bond motifs is 1. The minimum atomic E-state index is 0.378. The number of hydrogen-bond acceptors (Lipinski definition) is 5. The first-order valence-electron chi connectivity index (χ1n) is 8.97. The fraction of sp³-hybridized carbons (Fsp3) is 0.350. The lowest BCUT2D eigenvalue weighted by atomic mass is 10.1. The van der Waals surface area contributed by atoms with E-state index in [2.05, 4.69) is 36.8 Å². The molecule has 4 rings (SSSR count). The third kappa shape index (κ3) is 4.33. The van der Waals surface area contributed by atoms with Crippen molar-refractivity contribution in [3.63, 3.8) is 0 Å². The number of nitrogens with zero attached hydrogens (tertiary/aromatic N) is 5. The third-order valence-corrected chi connectivity index (χ3v) is 4.58. The lowest BCUT2D eigenvalue weighted by molar-refractivity contribution is 0.0638. The summed E-state index contributed by atoms with van der Waals surface area (Å²) in [6.45, 7) is 4.79. The Labute approximate surface area is 153 Å². The Morgan fingerprint density at radius 1 is 0.923 bits per heavy atom. The minimum absolute atomic E-state index is 0.378. The SMILES string of the molecule is c1ccc(COCC2CN(Cc3ccccn3)Cc3ccnn3C2)nc1. The first-order chi connectivity index (χ1) is 12.9. The molecule has 0 saturated carbocycles. The van der Waals surface area contributed by atoms with Crippen LogP contribution in [0, 0.1) is 5.92 Å². The molecule has 6 nitrogen and oxygen atoms in total. The molecule has 1 atom stereocenters. The van der Waals surface area contributed by atoms with E-state index in [0.29, 0.717) is 19.1 Å². The number of pyridine rings is 2. The summed E-state index contributed by atoms with van der Waals surface area (Å²) in [6, 6.07) is 14.1. The number of rotatable bonds is 6. The van der Waals surface area contributed by atoms with Gasteiger partial charge in [-0.05, 0) is 30.3 Å². The van der Waals surface area contributed by atoms with E-state index in [1.807, 2.05) is 42.7 Å². The lowest BCUT2D eigenvalue weighted by Crippen LogP contribution is -2.30. The summed E-state index contributed by atoms with van der Waals surface area (Å²) in [5.74, 6) is 0.378. The third-order valence-electron chi connectivity index (χ3n) is 4.58. The highest BCUT2D eigenvalue weighted by molar-refractivity contribution is 5.06. The Bertz CT molecular complexity index is 805. The molecule has 0 saturated heterocycles. The highest BCUT2D eigenvalue weighted by atomic mass is 16.5. The van der Waals surface area contributed by atoms with Crippen molar-refractivity contribution in [1.82, 2.24) is 24.6 Å². The monoisotopic (exact) mass is 349 g/mol. The second-order valence-electron chi connectivity index (χ2n) is 6.70. The van der Waals surface area contributed by atoms with Crippen LogP contribution in [0.4, 0.5) is 0 Å². The van der Waals surface area contributed by atoms with E-state index in [4.69, 9.17) is 4.74 Å². The number of aromatic nitrogens is 4. The van der Waals surface area contributed by atoms with Crippen molar-refractivity contribution < 1.29 is 4.74 Å². The van der Waals surface area contributed by atoms with Gasteiger partial charge in [0.2, 0.25) is 0 Å². The summed E-state index contributed by atoms with van der Waals surface area (Å²) in [7, 11) is 0. The van der Waals surface area contributed by atoms with Crippen LogP contribution in [0.3, 0.4) is 0 Å². The fourth-order valence-electron chi connectivity index (χ4n) is 3.38. The van der Waals surface area contributed by atoms with E-state index in [-0.39, 0.29) is 0 Å². The van der Waals surface area contributed by atoms with Crippen molar-refractivity contribution in [2.45, 2.75) is 26.2 Å². The first kappa shape index (κ1) is 16.9. The van der Waals surface area contributed by atoms with Crippen LogP contribution in [-0.2, 0) is 31.0 Å². The zero-order chi connectivity index (χ0) is 17.6. The van der Waals surface area contributed by atoms with E-state index < -0.39 is 0 Å². The quantitative estimate of drug-likeness (QED) is 0.684. The van der Waals surface area contributed by atoms with Crippen LogP contribution >= 0.6 is 0 Å². The van der Waals surface area contributed by atoms with E-state index in [1.165, 1.54) is 5.69 Å². The average Bonchev–Trinajstić information content (AvgIpc) is 3.03. The van der Waals surface area contributed by atoms with Gasteiger partial charge in [-0.2, -0.15) is 5.10 Å². The average molecular weight is 349 g/mol. The van der Waals surface area contributed by atoms with Crippen molar-refractivity contribution >= 4 is 0 Å². The van der Waals surface area contributed by atoms with Gasteiger partial charge in [0.1, 0.15) is 0 Å². The molecule has 134 valence electrons. The number of hydrogen-bond donors (Lipinski definition) is 0. The van der Waals surface area contributed by atoms with Crippen LogP contribution in [0.15, 0.2) is 61.1 Å². The van der Waals surface area contributed by atoms with Crippen LogP contribution in [-0.4, -0.2) is 37.8 Å². The predicted molar refractivity (Wildman–Crippen MR) is 98.0 cm³/mol. The number of ether oxygens (including phenoxy) is 1. The molecule has 26 heavy (non-hydrogen) atoms. The molecule has 0 radical (unpaired) electrons. The Balaban J connectivity index is 1.40. The van der Waals surface area contributed by atoms with Crippen LogP contribution < -0.4 is 0 Å². The molecule has 0 amide bonds. The van der Waals surface area contributed by atoms with Gasteiger partial charge in [-0.1, -0.05) is 12.1 Å². The van der Waals surface area contributed by atoms with Gasteiger partial charge in [0.25, 0.3) is 0 Å². The van der Waals surface area contributed by atoms with Gasteiger partial charge >= 0.3 is 0 Å².